The number of benzene rings is 2. The lowest BCUT2D eigenvalue weighted by Crippen LogP contribution is -2.32. The number of nitrogens with zero attached hydrogens (tertiary/aromatic N) is 1. The summed E-state index contributed by atoms with van der Waals surface area (Å²) in [5.41, 5.74) is 1.73. The standard InChI is InChI=1S/C19H18N2O5/c1-3-15(18(22)21-12-7-9-13(24-2)10-8-12)26-19(23)14-5-4-6-16-17(14)20-11-25-16/h4-11,15H,3H2,1-2H3,(H,21,22). The first-order valence-electron chi connectivity index (χ1n) is 8.10. The van der Waals surface area contributed by atoms with Crippen molar-refractivity contribution in [2.24, 2.45) is 0 Å². The van der Waals surface area contributed by atoms with Gasteiger partial charge in [-0.2, -0.15) is 0 Å². The van der Waals surface area contributed by atoms with Crippen LogP contribution in [0.2, 0.25) is 0 Å². The summed E-state index contributed by atoms with van der Waals surface area (Å²) in [5.74, 6) is -0.346. The van der Waals surface area contributed by atoms with Gasteiger partial charge in [-0.25, -0.2) is 9.78 Å². The Morgan fingerprint density at radius 1 is 1.19 bits per heavy atom. The molecular weight excluding hydrogens is 336 g/mol. The Kier molecular flexibility index (Phi) is 5.17. The fraction of sp³-hybridized carbons (Fsp3) is 0.211. The maximum absolute atomic E-state index is 12.5. The molecule has 1 heterocycles. The van der Waals surface area contributed by atoms with Crippen molar-refractivity contribution in [2.75, 3.05) is 12.4 Å². The van der Waals surface area contributed by atoms with E-state index in [1.165, 1.54) is 6.39 Å². The summed E-state index contributed by atoms with van der Waals surface area (Å²) in [7, 11) is 1.57. The Labute approximate surface area is 149 Å². The van der Waals surface area contributed by atoms with Gasteiger partial charge >= 0.3 is 5.97 Å². The number of amides is 1. The second kappa shape index (κ2) is 7.69. The Morgan fingerprint density at radius 3 is 2.65 bits per heavy atom. The molecule has 0 radical (unpaired) electrons. The molecule has 0 bridgehead atoms. The third kappa shape index (κ3) is 3.66. The molecule has 1 N–H and O–H groups in total. The minimum Gasteiger partial charge on any atom is -0.497 e. The Bertz CT molecular complexity index is 917. The summed E-state index contributed by atoms with van der Waals surface area (Å²) in [5, 5.41) is 2.73. The molecule has 1 atom stereocenters. The number of para-hydroxylation sites is 1. The number of carbonyl (C=O) groups excluding carboxylic acids is 2. The monoisotopic (exact) mass is 354 g/mol. The molecule has 0 spiro atoms. The molecule has 7 heteroatoms. The van der Waals surface area contributed by atoms with Gasteiger partial charge in [-0.15, -0.1) is 0 Å². The van der Waals surface area contributed by atoms with Crippen molar-refractivity contribution in [3.8, 4) is 5.75 Å². The number of aromatic nitrogens is 1. The van der Waals surface area contributed by atoms with Crippen LogP contribution in [-0.4, -0.2) is 30.1 Å². The number of methoxy groups -OCH3 is 1. The van der Waals surface area contributed by atoms with E-state index in [0.29, 0.717) is 29.0 Å². The molecule has 0 aliphatic rings. The second-order valence-corrected chi connectivity index (χ2v) is 5.52. The lowest BCUT2D eigenvalue weighted by molar-refractivity contribution is -0.124. The molecular formula is C19H18N2O5. The Morgan fingerprint density at radius 2 is 1.96 bits per heavy atom. The highest BCUT2D eigenvalue weighted by Gasteiger charge is 2.24. The molecule has 0 saturated carbocycles. The molecule has 26 heavy (non-hydrogen) atoms. The second-order valence-electron chi connectivity index (χ2n) is 5.52. The smallest absolute Gasteiger partial charge is 0.341 e. The number of hydrogen-bond acceptors (Lipinski definition) is 6. The van der Waals surface area contributed by atoms with Crippen molar-refractivity contribution in [2.45, 2.75) is 19.4 Å². The van der Waals surface area contributed by atoms with Crippen molar-refractivity contribution >= 4 is 28.7 Å². The van der Waals surface area contributed by atoms with Crippen LogP contribution in [0.4, 0.5) is 5.69 Å². The molecule has 1 amide bonds. The zero-order valence-electron chi connectivity index (χ0n) is 14.4. The van der Waals surface area contributed by atoms with Crippen LogP contribution in [0.3, 0.4) is 0 Å². The first kappa shape index (κ1) is 17.5. The molecule has 0 aliphatic carbocycles. The summed E-state index contributed by atoms with van der Waals surface area (Å²) in [6.07, 6.45) is 0.671. The van der Waals surface area contributed by atoms with Crippen LogP contribution in [0.1, 0.15) is 23.7 Å². The third-order valence-electron chi connectivity index (χ3n) is 3.85. The minimum atomic E-state index is -0.924. The molecule has 1 aromatic heterocycles. The van der Waals surface area contributed by atoms with E-state index in [2.05, 4.69) is 10.3 Å². The van der Waals surface area contributed by atoms with E-state index in [1.807, 2.05) is 0 Å². The minimum absolute atomic E-state index is 0.256. The van der Waals surface area contributed by atoms with Gasteiger partial charge in [0.05, 0.1) is 12.7 Å². The molecule has 0 fully saturated rings. The van der Waals surface area contributed by atoms with E-state index < -0.39 is 18.0 Å². The number of nitrogens with one attached hydrogen (secondary N) is 1. The lowest BCUT2D eigenvalue weighted by atomic mass is 10.2. The highest BCUT2D eigenvalue weighted by Crippen LogP contribution is 2.20. The van der Waals surface area contributed by atoms with Gasteiger partial charge in [0.15, 0.2) is 18.1 Å². The summed E-state index contributed by atoms with van der Waals surface area (Å²) in [4.78, 5) is 28.9. The Balaban J connectivity index is 1.70. The molecule has 7 nitrogen and oxygen atoms in total. The quantitative estimate of drug-likeness (QED) is 0.682. The van der Waals surface area contributed by atoms with Crippen molar-refractivity contribution in [3.63, 3.8) is 0 Å². The SMILES string of the molecule is CCC(OC(=O)c1cccc2ocnc12)C(=O)Nc1ccc(OC)cc1. The number of carbonyl (C=O) groups is 2. The number of anilines is 1. The van der Waals surface area contributed by atoms with Crippen molar-refractivity contribution in [1.82, 2.24) is 4.98 Å². The predicted octanol–water partition coefficient (Wildman–Crippen LogP) is 3.41. The van der Waals surface area contributed by atoms with Gasteiger partial charge in [0.1, 0.15) is 11.3 Å². The number of fused-ring (bicyclic) bond motifs is 1. The fourth-order valence-corrected chi connectivity index (χ4v) is 2.46. The van der Waals surface area contributed by atoms with Gasteiger partial charge in [-0.1, -0.05) is 13.0 Å². The van der Waals surface area contributed by atoms with Gasteiger partial charge in [-0.3, -0.25) is 4.79 Å². The molecule has 0 saturated heterocycles. The molecule has 3 rings (SSSR count). The van der Waals surface area contributed by atoms with Gasteiger partial charge in [-0.05, 0) is 42.8 Å². The molecule has 2 aromatic carbocycles. The first-order valence-corrected chi connectivity index (χ1v) is 8.10. The average molecular weight is 354 g/mol. The zero-order chi connectivity index (χ0) is 18.5. The van der Waals surface area contributed by atoms with Crippen LogP contribution in [0.15, 0.2) is 53.3 Å². The van der Waals surface area contributed by atoms with Crippen LogP contribution in [0.5, 0.6) is 5.75 Å². The lowest BCUT2D eigenvalue weighted by Gasteiger charge is -2.16. The fourth-order valence-electron chi connectivity index (χ4n) is 2.46. The van der Waals surface area contributed by atoms with Crippen LogP contribution in [0.25, 0.3) is 11.1 Å². The summed E-state index contributed by atoms with van der Waals surface area (Å²) in [6, 6.07) is 11.8. The van der Waals surface area contributed by atoms with E-state index in [4.69, 9.17) is 13.9 Å². The van der Waals surface area contributed by atoms with Gasteiger partial charge in [0.2, 0.25) is 0 Å². The number of esters is 1. The van der Waals surface area contributed by atoms with Crippen molar-refractivity contribution in [3.05, 3.63) is 54.4 Å². The molecule has 134 valence electrons. The number of ether oxygens (including phenoxy) is 2. The van der Waals surface area contributed by atoms with Crippen molar-refractivity contribution in [1.29, 1.82) is 0 Å². The first-order chi connectivity index (χ1) is 12.6. The van der Waals surface area contributed by atoms with Crippen LogP contribution in [-0.2, 0) is 9.53 Å². The molecule has 3 aromatic rings. The zero-order valence-corrected chi connectivity index (χ0v) is 14.4. The van der Waals surface area contributed by atoms with E-state index >= 15 is 0 Å². The van der Waals surface area contributed by atoms with E-state index in [9.17, 15) is 9.59 Å². The molecule has 1 unspecified atom stereocenters. The topological polar surface area (TPSA) is 90.7 Å². The normalized spacial score (nSPS) is 11.8. The number of hydrogen-bond donors (Lipinski definition) is 1. The highest BCUT2D eigenvalue weighted by molar-refractivity contribution is 6.03. The number of oxazole rings is 1. The third-order valence-corrected chi connectivity index (χ3v) is 3.85. The largest absolute Gasteiger partial charge is 0.497 e. The van der Waals surface area contributed by atoms with Crippen LogP contribution >= 0.6 is 0 Å². The summed E-state index contributed by atoms with van der Waals surface area (Å²) < 4.78 is 15.6. The highest BCUT2D eigenvalue weighted by atomic mass is 16.5. The predicted molar refractivity (Wildman–Crippen MR) is 95.1 cm³/mol. The summed E-state index contributed by atoms with van der Waals surface area (Å²) in [6.45, 7) is 1.77. The van der Waals surface area contributed by atoms with E-state index in [-0.39, 0.29) is 5.56 Å². The maximum Gasteiger partial charge on any atom is 0.341 e. The van der Waals surface area contributed by atoms with Crippen molar-refractivity contribution < 1.29 is 23.5 Å². The van der Waals surface area contributed by atoms with Crippen LogP contribution < -0.4 is 10.1 Å². The van der Waals surface area contributed by atoms with Gasteiger partial charge in [0, 0.05) is 5.69 Å². The Hall–Kier alpha value is -3.35. The van der Waals surface area contributed by atoms with E-state index in [0.717, 1.165) is 0 Å². The average Bonchev–Trinajstić information content (AvgIpc) is 3.15. The van der Waals surface area contributed by atoms with E-state index in [1.54, 1.807) is 56.5 Å². The van der Waals surface area contributed by atoms with Gasteiger partial charge < -0.3 is 19.2 Å². The van der Waals surface area contributed by atoms with Crippen LogP contribution in [0, 0.1) is 0 Å². The molecule has 0 aliphatic heterocycles. The summed E-state index contributed by atoms with van der Waals surface area (Å²) >= 11 is 0. The maximum atomic E-state index is 12.5. The number of rotatable bonds is 6. The van der Waals surface area contributed by atoms with Gasteiger partial charge in [0.25, 0.3) is 5.91 Å².